The van der Waals surface area contributed by atoms with Gasteiger partial charge in [-0.15, -0.1) is 0 Å². The third-order valence-electron chi connectivity index (χ3n) is 1.97. The minimum absolute atomic E-state index is 0.0997. The van der Waals surface area contributed by atoms with E-state index >= 15 is 0 Å². The Labute approximate surface area is 81.4 Å². The second-order valence-corrected chi connectivity index (χ2v) is 5.14. The van der Waals surface area contributed by atoms with Crippen LogP contribution in [0.15, 0.2) is 23.1 Å². The van der Waals surface area contributed by atoms with Crippen LogP contribution in [0.5, 0.6) is 5.75 Å². The van der Waals surface area contributed by atoms with Crippen LogP contribution in [0.4, 0.5) is 0 Å². The van der Waals surface area contributed by atoms with Crippen molar-refractivity contribution < 1.29 is 17.9 Å². The van der Waals surface area contributed by atoms with Gasteiger partial charge in [0.2, 0.25) is 0 Å². The average Bonchev–Trinajstić information content (AvgIpc) is 2.00. The zero-order valence-electron chi connectivity index (χ0n) is 7.48. The Morgan fingerprint density at radius 3 is 2.79 bits per heavy atom. The Morgan fingerprint density at radius 1 is 1.36 bits per heavy atom. The van der Waals surface area contributed by atoms with Crippen LogP contribution in [-0.4, -0.2) is 20.1 Å². The van der Waals surface area contributed by atoms with Crippen molar-refractivity contribution in [1.82, 2.24) is 0 Å². The first-order valence-electron chi connectivity index (χ1n) is 4.03. The van der Waals surface area contributed by atoms with Gasteiger partial charge in [-0.3, -0.25) is 4.79 Å². The van der Waals surface area contributed by atoms with Crippen molar-refractivity contribution in [2.75, 3.05) is 5.75 Å². The predicted octanol–water partition coefficient (Wildman–Crippen LogP) is 0.688. The number of ether oxygens (including phenoxy) is 1. The second kappa shape index (κ2) is 2.81. The van der Waals surface area contributed by atoms with Crippen LogP contribution in [0, 0.1) is 6.92 Å². The fraction of sp³-hybridized carbons (Fsp3) is 0.222. The fourth-order valence-electron chi connectivity index (χ4n) is 1.34. The lowest BCUT2D eigenvalue weighted by Gasteiger charge is -2.15. The van der Waals surface area contributed by atoms with E-state index in [-0.39, 0.29) is 10.6 Å². The van der Waals surface area contributed by atoms with Gasteiger partial charge in [-0.2, -0.15) is 0 Å². The van der Waals surface area contributed by atoms with Crippen LogP contribution in [-0.2, 0) is 14.6 Å². The van der Waals surface area contributed by atoms with Gasteiger partial charge < -0.3 is 4.74 Å². The van der Waals surface area contributed by atoms with E-state index in [4.69, 9.17) is 4.74 Å². The highest BCUT2D eigenvalue weighted by Gasteiger charge is 2.30. The molecule has 0 radical (unpaired) electrons. The standard InChI is InChI=1S/C9H8O4S/c1-6-2-3-8-7(4-6)13-9(10)5-14(8,11)12/h2-4H,5H2,1H3. The lowest BCUT2D eigenvalue weighted by atomic mass is 10.2. The van der Waals surface area contributed by atoms with E-state index in [1.54, 1.807) is 19.1 Å². The highest BCUT2D eigenvalue weighted by atomic mass is 32.2. The molecule has 0 amide bonds. The number of benzene rings is 1. The summed E-state index contributed by atoms with van der Waals surface area (Å²) in [5.41, 5.74) is 0.855. The normalized spacial score (nSPS) is 18.5. The minimum atomic E-state index is -3.48. The van der Waals surface area contributed by atoms with E-state index < -0.39 is 21.6 Å². The first-order valence-corrected chi connectivity index (χ1v) is 5.68. The highest BCUT2D eigenvalue weighted by molar-refractivity contribution is 7.92. The van der Waals surface area contributed by atoms with Crippen LogP contribution in [0.3, 0.4) is 0 Å². The molecule has 0 saturated carbocycles. The maximum absolute atomic E-state index is 11.5. The Kier molecular flexibility index (Phi) is 1.85. The van der Waals surface area contributed by atoms with Crippen LogP contribution in [0.1, 0.15) is 5.56 Å². The zero-order valence-corrected chi connectivity index (χ0v) is 8.30. The molecule has 1 heterocycles. The Bertz CT molecular complexity index is 502. The maximum Gasteiger partial charge on any atom is 0.326 e. The molecule has 0 atom stereocenters. The molecule has 0 spiro atoms. The molecule has 14 heavy (non-hydrogen) atoms. The number of rotatable bonds is 0. The van der Waals surface area contributed by atoms with Crippen molar-refractivity contribution in [3.63, 3.8) is 0 Å². The largest absolute Gasteiger partial charge is 0.424 e. The van der Waals surface area contributed by atoms with Crippen LogP contribution in [0.25, 0.3) is 0 Å². The Morgan fingerprint density at radius 2 is 2.07 bits per heavy atom. The molecular weight excluding hydrogens is 204 g/mol. The van der Waals surface area contributed by atoms with Crippen molar-refractivity contribution in [3.8, 4) is 5.75 Å². The van der Waals surface area contributed by atoms with Crippen molar-refractivity contribution >= 4 is 15.8 Å². The third-order valence-corrected chi connectivity index (χ3v) is 3.59. The molecule has 5 heteroatoms. The molecule has 0 aromatic heterocycles. The molecule has 4 nitrogen and oxygen atoms in total. The highest BCUT2D eigenvalue weighted by Crippen LogP contribution is 2.29. The summed E-state index contributed by atoms with van der Waals surface area (Å²) in [4.78, 5) is 11.1. The Hall–Kier alpha value is -1.36. The SMILES string of the molecule is Cc1ccc2c(c1)OC(=O)CS2(=O)=O. The molecular formula is C9H8O4S. The third kappa shape index (κ3) is 1.39. The molecule has 1 aliphatic rings. The summed E-state index contributed by atoms with van der Waals surface area (Å²) in [6.45, 7) is 1.80. The summed E-state index contributed by atoms with van der Waals surface area (Å²) in [5.74, 6) is -1.15. The molecule has 0 N–H and O–H groups in total. The maximum atomic E-state index is 11.5. The van der Waals surface area contributed by atoms with E-state index in [0.29, 0.717) is 0 Å². The van der Waals surface area contributed by atoms with E-state index in [1.807, 2.05) is 0 Å². The van der Waals surface area contributed by atoms with E-state index in [1.165, 1.54) is 6.07 Å². The van der Waals surface area contributed by atoms with Crippen molar-refractivity contribution in [1.29, 1.82) is 0 Å². The smallest absolute Gasteiger partial charge is 0.326 e. The predicted molar refractivity (Wildman–Crippen MR) is 48.9 cm³/mol. The summed E-state index contributed by atoms with van der Waals surface area (Å²) in [6.07, 6.45) is 0. The topological polar surface area (TPSA) is 60.4 Å². The summed E-state index contributed by atoms with van der Waals surface area (Å²) < 4.78 is 27.8. The number of carbonyl (C=O) groups is 1. The summed E-state index contributed by atoms with van der Waals surface area (Å²) in [6, 6.07) is 4.69. The van der Waals surface area contributed by atoms with Crippen LogP contribution < -0.4 is 4.74 Å². The van der Waals surface area contributed by atoms with Crippen molar-refractivity contribution in [2.24, 2.45) is 0 Å². The van der Waals surface area contributed by atoms with E-state index in [9.17, 15) is 13.2 Å². The minimum Gasteiger partial charge on any atom is -0.424 e. The number of hydrogen-bond acceptors (Lipinski definition) is 4. The van der Waals surface area contributed by atoms with Gasteiger partial charge in [0.25, 0.3) is 0 Å². The Balaban J connectivity index is 2.69. The molecule has 0 fully saturated rings. The lowest BCUT2D eigenvalue weighted by molar-refractivity contribution is -0.132. The molecule has 0 bridgehead atoms. The van der Waals surface area contributed by atoms with Crippen molar-refractivity contribution in [2.45, 2.75) is 11.8 Å². The number of fused-ring (bicyclic) bond motifs is 1. The number of hydrogen-bond donors (Lipinski definition) is 0. The van der Waals surface area contributed by atoms with Crippen LogP contribution >= 0.6 is 0 Å². The van der Waals surface area contributed by atoms with Gasteiger partial charge in [0, 0.05) is 0 Å². The molecule has 1 aliphatic heterocycles. The number of aryl methyl sites for hydroxylation is 1. The number of esters is 1. The van der Waals surface area contributed by atoms with Gasteiger partial charge in [0.05, 0.1) is 0 Å². The first kappa shape index (κ1) is 9.21. The monoisotopic (exact) mass is 212 g/mol. The molecule has 2 rings (SSSR count). The number of carbonyl (C=O) groups excluding carboxylic acids is 1. The molecule has 74 valence electrons. The van der Waals surface area contributed by atoms with E-state index in [0.717, 1.165) is 5.56 Å². The van der Waals surface area contributed by atoms with Gasteiger partial charge in [-0.1, -0.05) is 6.07 Å². The summed E-state index contributed by atoms with van der Waals surface area (Å²) >= 11 is 0. The molecule has 0 aliphatic carbocycles. The van der Waals surface area contributed by atoms with Gasteiger partial charge in [0.1, 0.15) is 10.6 Å². The first-order chi connectivity index (χ1) is 6.49. The molecule has 0 unspecified atom stereocenters. The molecule has 1 aromatic rings. The lowest BCUT2D eigenvalue weighted by Crippen LogP contribution is -2.26. The fourth-order valence-corrected chi connectivity index (χ4v) is 2.54. The second-order valence-electron chi connectivity index (χ2n) is 3.18. The molecule has 0 saturated heterocycles. The molecule has 1 aromatic carbocycles. The van der Waals surface area contributed by atoms with Gasteiger partial charge in [-0.25, -0.2) is 8.42 Å². The van der Waals surface area contributed by atoms with Crippen LogP contribution in [0.2, 0.25) is 0 Å². The summed E-state index contributed by atoms with van der Waals surface area (Å²) in [5, 5.41) is 0. The van der Waals surface area contributed by atoms with Gasteiger partial charge in [-0.05, 0) is 24.6 Å². The van der Waals surface area contributed by atoms with Gasteiger partial charge >= 0.3 is 5.97 Å². The van der Waals surface area contributed by atoms with Crippen molar-refractivity contribution in [3.05, 3.63) is 23.8 Å². The quantitative estimate of drug-likeness (QED) is 0.469. The zero-order chi connectivity index (χ0) is 10.3. The van der Waals surface area contributed by atoms with Gasteiger partial charge in [0.15, 0.2) is 15.6 Å². The average molecular weight is 212 g/mol. The summed E-state index contributed by atoms with van der Waals surface area (Å²) in [7, 11) is -3.48. The number of sulfone groups is 1. The van der Waals surface area contributed by atoms with E-state index in [2.05, 4.69) is 0 Å².